The van der Waals surface area contributed by atoms with Crippen molar-refractivity contribution in [3.63, 3.8) is 0 Å². The minimum Gasteiger partial charge on any atom is -0.497 e. The first-order chi connectivity index (χ1) is 11.0. The fraction of sp³-hybridized carbons (Fsp3) is 0.222. The minimum absolute atomic E-state index is 0.220. The first kappa shape index (κ1) is 15.5. The Morgan fingerprint density at radius 2 is 1.91 bits per heavy atom. The van der Waals surface area contributed by atoms with Crippen LogP contribution in [0.4, 0.5) is 0 Å². The summed E-state index contributed by atoms with van der Waals surface area (Å²) < 4.78 is 8.22. The Bertz CT molecular complexity index is 967. The number of ether oxygens (including phenoxy) is 1. The van der Waals surface area contributed by atoms with Crippen molar-refractivity contribution in [2.24, 2.45) is 12.0 Å². The molecule has 5 heteroatoms. The van der Waals surface area contributed by atoms with Crippen LogP contribution in [-0.4, -0.2) is 17.6 Å². The number of methoxy groups -OCH3 is 1. The van der Waals surface area contributed by atoms with E-state index in [1.54, 1.807) is 7.11 Å². The average molecular weight is 326 g/mol. The van der Waals surface area contributed by atoms with Gasteiger partial charge in [-0.1, -0.05) is 17.4 Å². The zero-order chi connectivity index (χ0) is 16.6. The van der Waals surface area contributed by atoms with Gasteiger partial charge < -0.3 is 9.30 Å². The van der Waals surface area contributed by atoms with Gasteiger partial charge in [-0.2, -0.15) is 4.99 Å². The highest BCUT2D eigenvalue weighted by atomic mass is 32.1. The molecule has 1 amide bonds. The molecule has 0 radical (unpaired) electrons. The maximum atomic E-state index is 12.4. The molecule has 118 valence electrons. The lowest BCUT2D eigenvalue weighted by molar-refractivity contribution is 0.0998. The van der Waals surface area contributed by atoms with Gasteiger partial charge in [-0.15, -0.1) is 0 Å². The average Bonchev–Trinajstić information content (AvgIpc) is 2.85. The third kappa shape index (κ3) is 2.92. The molecule has 0 saturated heterocycles. The molecule has 0 N–H and O–H groups in total. The molecular formula is C18H18N2O2S. The van der Waals surface area contributed by atoms with Gasteiger partial charge in [0.05, 0.1) is 17.3 Å². The van der Waals surface area contributed by atoms with Crippen molar-refractivity contribution in [3.05, 3.63) is 57.9 Å². The lowest BCUT2D eigenvalue weighted by atomic mass is 10.1. The summed E-state index contributed by atoms with van der Waals surface area (Å²) in [5.41, 5.74) is 3.91. The van der Waals surface area contributed by atoms with E-state index < -0.39 is 0 Å². The number of amides is 1. The monoisotopic (exact) mass is 326 g/mol. The number of hydrogen-bond donors (Lipinski definition) is 0. The lowest BCUT2D eigenvalue weighted by Gasteiger charge is -2.01. The predicted octanol–water partition coefficient (Wildman–Crippen LogP) is 3.61. The van der Waals surface area contributed by atoms with Crippen LogP contribution >= 0.6 is 11.3 Å². The Balaban J connectivity index is 2.07. The van der Waals surface area contributed by atoms with E-state index >= 15 is 0 Å². The van der Waals surface area contributed by atoms with Crippen LogP contribution in [0.3, 0.4) is 0 Å². The molecule has 0 unspecified atom stereocenters. The van der Waals surface area contributed by atoms with Gasteiger partial charge in [-0.05, 0) is 55.3 Å². The van der Waals surface area contributed by atoms with Crippen LogP contribution in [0.2, 0.25) is 0 Å². The molecule has 0 aliphatic rings. The fourth-order valence-electron chi connectivity index (χ4n) is 2.37. The van der Waals surface area contributed by atoms with E-state index in [4.69, 9.17) is 4.74 Å². The first-order valence-electron chi connectivity index (χ1n) is 7.29. The number of thiazole rings is 1. The largest absolute Gasteiger partial charge is 0.497 e. The predicted molar refractivity (Wildman–Crippen MR) is 93.2 cm³/mol. The molecule has 0 aliphatic carbocycles. The number of fused-ring (bicyclic) bond motifs is 1. The van der Waals surface area contributed by atoms with Gasteiger partial charge >= 0.3 is 0 Å². The Morgan fingerprint density at radius 3 is 2.61 bits per heavy atom. The highest BCUT2D eigenvalue weighted by Gasteiger charge is 2.08. The van der Waals surface area contributed by atoms with E-state index in [-0.39, 0.29) is 5.91 Å². The number of rotatable bonds is 2. The van der Waals surface area contributed by atoms with E-state index in [0.29, 0.717) is 10.4 Å². The molecule has 0 bridgehead atoms. The van der Waals surface area contributed by atoms with Gasteiger partial charge in [0, 0.05) is 12.6 Å². The summed E-state index contributed by atoms with van der Waals surface area (Å²) in [5.74, 6) is 0.577. The molecule has 4 nitrogen and oxygen atoms in total. The molecule has 0 spiro atoms. The third-order valence-corrected chi connectivity index (χ3v) is 5.06. The summed E-state index contributed by atoms with van der Waals surface area (Å²) in [7, 11) is 3.56. The van der Waals surface area contributed by atoms with E-state index in [1.165, 1.54) is 16.9 Å². The maximum absolute atomic E-state index is 12.4. The van der Waals surface area contributed by atoms with Gasteiger partial charge in [0.25, 0.3) is 5.91 Å². The minimum atomic E-state index is -0.220. The van der Waals surface area contributed by atoms with Gasteiger partial charge in [0.15, 0.2) is 4.80 Å². The van der Waals surface area contributed by atoms with E-state index in [9.17, 15) is 4.79 Å². The zero-order valence-corrected chi connectivity index (χ0v) is 14.4. The van der Waals surface area contributed by atoms with E-state index in [0.717, 1.165) is 21.5 Å². The topological polar surface area (TPSA) is 43.6 Å². The number of carbonyl (C=O) groups is 1. The summed E-state index contributed by atoms with van der Waals surface area (Å²) >= 11 is 1.48. The molecular weight excluding hydrogens is 308 g/mol. The smallest absolute Gasteiger partial charge is 0.279 e. The highest BCUT2D eigenvalue weighted by molar-refractivity contribution is 7.16. The lowest BCUT2D eigenvalue weighted by Crippen LogP contribution is -2.13. The Labute approximate surface area is 138 Å². The summed E-state index contributed by atoms with van der Waals surface area (Å²) in [4.78, 5) is 17.4. The molecule has 0 fully saturated rings. The molecule has 3 aromatic rings. The van der Waals surface area contributed by atoms with Crippen molar-refractivity contribution < 1.29 is 9.53 Å². The molecule has 3 rings (SSSR count). The van der Waals surface area contributed by atoms with Crippen molar-refractivity contribution in [1.29, 1.82) is 0 Å². The molecule has 0 atom stereocenters. The SMILES string of the molecule is COc1ccc2c(c1)sc(=NC(=O)c1ccc(C)c(C)c1)n2C. The highest BCUT2D eigenvalue weighted by Crippen LogP contribution is 2.22. The number of aromatic nitrogens is 1. The standard InChI is InChI=1S/C18H18N2O2S/c1-11-5-6-13(9-12(11)2)17(21)19-18-20(3)15-8-7-14(22-4)10-16(15)23-18/h5-10H,1-4H3. The molecule has 0 saturated carbocycles. The number of benzene rings is 2. The number of aryl methyl sites for hydroxylation is 3. The van der Waals surface area contributed by atoms with Crippen molar-refractivity contribution in [2.45, 2.75) is 13.8 Å². The zero-order valence-electron chi connectivity index (χ0n) is 13.6. The van der Waals surface area contributed by atoms with Crippen LogP contribution in [0.25, 0.3) is 10.2 Å². The fourth-order valence-corrected chi connectivity index (χ4v) is 3.42. The second-order valence-electron chi connectivity index (χ2n) is 5.49. The summed E-state index contributed by atoms with van der Waals surface area (Å²) in [6, 6.07) is 11.5. The molecule has 1 aromatic heterocycles. The number of hydrogen-bond acceptors (Lipinski definition) is 3. The second-order valence-corrected chi connectivity index (χ2v) is 6.50. The Hall–Kier alpha value is -2.40. The van der Waals surface area contributed by atoms with Gasteiger partial charge in [0.2, 0.25) is 0 Å². The van der Waals surface area contributed by atoms with E-state index in [2.05, 4.69) is 4.99 Å². The van der Waals surface area contributed by atoms with Gasteiger partial charge in [-0.3, -0.25) is 4.79 Å². The van der Waals surface area contributed by atoms with Crippen molar-refractivity contribution >= 4 is 27.5 Å². The third-order valence-electron chi connectivity index (χ3n) is 3.97. The Morgan fingerprint density at radius 1 is 1.13 bits per heavy atom. The van der Waals surface area contributed by atoms with Crippen LogP contribution in [0.15, 0.2) is 41.4 Å². The Kier molecular flexibility index (Phi) is 4.05. The van der Waals surface area contributed by atoms with Crippen molar-refractivity contribution in [3.8, 4) is 5.75 Å². The van der Waals surface area contributed by atoms with Crippen LogP contribution in [-0.2, 0) is 7.05 Å². The first-order valence-corrected chi connectivity index (χ1v) is 8.11. The van der Waals surface area contributed by atoms with Gasteiger partial charge in [0.1, 0.15) is 5.75 Å². The van der Waals surface area contributed by atoms with Crippen LogP contribution in [0, 0.1) is 13.8 Å². The normalized spacial score (nSPS) is 11.9. The molecule has 2 aromatic carbocycles. The van der Waals surface area contributed by atoms with Gasteiger partial charge in [-0.25, -0.2) is 0 Å². The summed E-state index contributed by atoms with van der Waals surface area (Å²) in [6.07, 6.45) is 0. The van der Waals surface area contributed by atoms with Crippen LogP contribution < -0.4 is 9.54 Å². The number of carbonyl (C=O) groups excluding carboxylic acids is 1. The second kappa shape index (κ2) is 6.01. The molecule has 1 heterocycles. The molecule has 23 heavy (non-hydrogen) atoms. The number of nitrogens with zero attached hydrogens (tertiary/aromatic N) is 2. The quantitative estimate of drug-likeness (QED) is 0.722. The van der Waals surface area contributed by atoms with Crippen LogP contribution in [0.5, 0.6) is 5.75 Å². The summed E-state index contributed by atoms with van der Waals surface area (Å²) in [6.45, 7) is 4.03. The van der Waals surface area contributed by atoms with Crippen molar-refractivity contribution in [1.82, 2.24) is 4.57 Å². The van der Waals surface area contributed by atoms with Crippen LogP contribution in [0.1, 0.15) is 21.5 Å². The molecule has 0 aliphatic heterocycles. The van der Waals surface area contributed by atoms with E-state index in [1.807, 2.05) is 61.9 Å². The maximum Gasteiger partial charge on any atom is 0.279 e. The summed E-state index contributed by atoms with van der Waals surface area (Å²) in [5, 5.41) is 0. The van der Waals surface area contributed by atoms with Crippen molar-refractivity contribution in [2.75, 3.05) is 7.11 Å².